The average Bonchev–Trinajstić information content (AvgIpc) is 4.46. The number of hydrogen-bond donors (Lipinski definition) is 5. The predicted octanol–water partition coefficient (Wildman–Crippen LogP) is 5.74. The summed E-state index contributed by atoms with van der Waals surface area (Å²) in [5.41, 5.74) is -2.52. The lowest BCUT2D eigenvalue weighted by Crippen LogP contribution is -2.54. The second-order valence-corrected chi connectivity index (χ2v) is 22.7. The Balaban J connectivity index is 1.02. The Bertz CT molecular complexity index is 3330. The number of ether oxygens (including phenoxy) is 5. The van der Waals surface area contributed by atoms with Crippen LogP contribution in [0.1, 0.15) is 127 Å². The molecule has 0 radical (unpaired) electrons. The van der Waals surface area contributed by atoms with Crippen molar-refractivity contribution >= 4 is 51.8 Å². The van der Waals surface area contributed by atoms with Gasteiger partial charge in [-0.2, -0.15) is 0 Å². The standard InChI is InChI=1S/C60H72FN5O16/c1-28-12-11-13-29(2)58(75)62-44-47(64-19-16-35(17-20-64)63-21-23-65(24-22-63)46-39(61)26-37-45(56(46)79-10)66(36-14-15-36)27-38(51(37)71)59(76)77)53(73)41-42(52(44)72)50(70)33(6)55-43(41)57(74)60(8,82-55)80-25-18-40(78-9)30(3)54(81-34(7)67)32(5)49(69)31(4)48(28)68/h11-13,18,25-28,30-32,35-36,40,48-49,54,68-70H,14-17,19-24H2,1-10H3,(H,62,75)(H,76,77)/b12-11+,25-18+,29-13-/t28-,30+,31+,32+,40-,48-,49+,54+,60-/m0/s1. The number of aromatic nitrogens is 1. The molecule has 0 spiro atoms. The van der Waals surface area contributed by atoms with E-state index in [1.54, 1.807) is 49.3 Å². The van der Waals surface area contributed by atoms with Gasteiger partial charge in [0.05, 0.1) is 59.3 Å². The van der Waals surface area contributed by atoms with Crippen molar-refractivity contribution in [2.24, 2.45) is 23.7 Å². The number of aliphatic hydroxyl groups excluding tert-OH is 2. The van der Waals surface area contributed by atoms with Crippen molar-refractivity contribution in [1.82, 2.24) is 19.7 Å². The first-order chi connectivity index (χ1) is 38.8. The molecule has 2 aromatic carbocycles. The van der Waals surface area contributed by atoms with Gasteiger partial charge in [0.1, 0.15) is 40.2 Å². The maximum atomic E-state index is 16.3. The van der Waals surface area contributed by atoms with Crippen LogP contribution in [-0.2, 0) is 23.8 Å². The fraction of sp³-hybridized carbons (Fsp3) is 0.517. The Morgan fingerprint density at radius 1 is 0.829 bits per heavy atom. The lowest BCUT2D eigenvalue weighted by Gasteiger charge is -2.44. The number of halogens is 1. The molecular formula is C60H72FN5O16. The minimum atomic E-state index is -2.16. The number of carboxylic acid groups (broad SMARTS) is 1. The molecule has 1 amide bonds. The number of nitrogens with zero attached hydrogens (tertiary/aromatic N) is 4. The quantitative estimate of drug-likeness (QED) is 0.168. The van der Waals surface area contributed by atoms with E-state index in [0.717, 1.165) is 18.9 Å². The largest absolute Gasteiger partial charge is 0.507 e. The van der Waals surface area contributed by atoms with Crippen LogP contribution in [0.15, 0.2) is 64.6 Å². The van der Waals surface area contributed by atoms with Crippen molar-refractivity contribution in [3.05, 3.63) is 104 Å². The second kappa shape index (κ2) is 23.1. The van der Waals surface area contributed by atoms with E-state index in [1.807, 2.05) is 4.90 Å². The molecule has 5 N–H and O–H groups in total. The zero-order valence-electron chi connectivity index (χ0n) is 47.7. The first kappa shape index (κ1) is 59.2. The highest BCUT2D eigenvalue weighted by Crippen LogP contribution is 2.50. The van der Waals surface area contributed by atoms with Crippen LogP contribution < -0.4 is 25.1 Å². The van der Waals surface area contributed by atoms with Crippen molar-refractivity contribution in [3.63, 3.8) is 0 Å². The second-order valence-electron chi connectivity index (χ2n) is 22.7. The monoisotopic (exact) mass is 1140 g/mol. The van der Waals surface area contributed by atoms with Crippen molar-refractivity contribution < 1.29 is 77.3 Å². The van der Waals surface area contributed by atoms with E-state index in [4.69, 9.17) is 23.7 Å². The Hall–Kier alpha value is -7.40. The van der Waals surface area contributed by atoms with Crippen molar-refractivity contribution in [1.29, 1.82) is 0 Å². The minimum absolute atomic E-state index is 0.0401. The average molecular weight is 1140 g/mol. The molecule has 440 valence electrons. The number of methoxy groups -OCH3 is 2. The van der Waals surface area contributed by atoms with Crippen LogP contribution in [0.4, 0.5) is 10.1 Å². The summed E-state index contributed by atoms with van der Waals surface area (Å²) in [6.07, 6.45) is 6.95. The van der Waals surface area contributed by atoms with E-state index in [0.29, 0.717) is 44.5 Å². The predicted molar refractivity (Wildman–Crippen MR) is 297 cm³/mol. The summed E-state index contributed by atoms with van der Waals surface area (Å²) in [4.78, 5) is 103. The van der Waals surface area contributed by atoms with Gasteiger partial charge in [0.2, 0.25) is 17.0 Å². The van der Waals surface area contributed by atoms with E-state index >= 15 is 14.0 Å². The molecule has 9 atom stereocenters. The molecule has 5 aliphatic heterocycles. The molecule has 2 saturated heterocycles. The highest BCUT2D eigenvalue weighted by Gasteiger charge is 2.53. The molecular weight excluding hydrogens is 1070 g/mol. The number of amides is 1. The number of piperidine rings is 1. The number of rotatable bonds is 8. The summed E-state index contributed by atoms with van der Waals surface area (Å²) >= 11 is 0. The van der Waals surface area contributed by atoms with Crippen LogP contribution in [0.3, 0.4) is 0 Å². The van der Waals surface area contributed by atoms with Crippen molar-refractivity contribution in [2.75, 3.05) is 58.4 Å². The van der Waals surface area contributed by atoms with Crippen molar-refractivity contribution in [2.45, 2.75) is 123 Å². The summed E-state index contributed by atoms with van der Waals surface area (Å²) in [6, 6.07) is 0.974. The molecule has 2 aliphatic carbocycles. The lowest BCUT2D eigenvalue weighted by atomic mass is 9.78. The van der Waals surface area contributed by atoms with Gasteiger partial charge in [-0.1, -0.05) is 45.9 Å². The van der Waals surface area contributed by atoms with E-state index in [2.05, 4.69) is 10.2 Å². The molecule has 82 heavy (non-hydrogen) atoms. The summed E-state index contributed by atoms with van der Waals surface area (Å²) < 4.78 is 47.7. The van der Waals surface area contributed by atoms with Gasteiger partial charge in [-0.3, -0.25) is 33.7 Å². The number of likely N-dealkylation sites (tertiary alicyclic amines) is 1. The highest BCUT2D eigenvalue weighted by atomic mass is 19.1. The number of aromatic hydroxyl groups is 1. The maximum absolute atomic E-state index is 16.3. The van der Waals surface area contributed by atoms with Gasteiger partial charge in [-0.05, 0) is 51.7 Å². The molecule has 1 aromatic heterocycles. The Kier molecular flexibility index (Phi) is 16.7. The van der Waals surface area contributed by atoms with Crippen molar-refractivity contribution in [3.8, 4) is 17.2 Å². The number of phenols is 1. The summed E-state index contributed by atoms with van der Waals surface area (Å²) in [5.74, 6) is -11.7. The zero-order chi connectivity index (χ0) is 59.5. The number of Topliss-reactive ketones (excluding diaryl/α,β-unsaturated/α-hetero) is 3. The number of carboxylic acids is 1. The molecule has 21 nitrogen and oxygen atoms in total. The Labute approximate surface area is 473 Å². The number of nitrogens with one attached hydrogen (secondary N) is 1. The number of aromatic carboxylic acids is 1. The van der Waals surface area contributed by atoms with E-state index < -0.39 is 128 Å². The normalized spacial score (nSPS) is 29.5. The number of benzene rings is 2. The molecule has 22 heteroatoms. The number of ketones is 3. The van der Waals surface area contributed by atoms with Gasteiger partial charge in [-0.15, -0.1) is 0 Å². The number of esters is 1. The van der Waals surface area contributed by atoms with E-state index in [-0.39, 0.29) is 70.1 Å². The minimum Gasteiger partial charge on any atom is -0.507 e. The van der Waals surface area contributed by atoms with Crippen LogP contribution in [-0.4, -0.2) is 160 Å². The molecule has 5 bridgehead atoms. The fourth-order valence-electron chi connectivity index (χ4n) is 12.5. The molecule has 1 saturated carbocycles. The molecule has 0 unspecified atom stereocenters. The Morgan fingerprint density at radius 2 is 1.50 bits per heavy atom. The number of anilines is 1. The van der Waals surface area contributed by atoms with Gasteiger partial charge in [0, 0.05) is 113 Å². The SMILES string of the molecule is COc1c(N2CCN(C3CCN(C4=C5NC(=O)/C(C)=C\C=C\[C@H](C)[C@H](O)[C@@H](C)[C@@H](O)[C@@H](C)[C@H](OC(C)=O)[C@H](C)[C@@H](OC)/C=C/O[C@@]6(C)Oc7c(C)c(O)c(c(c7C6=O)C4=O)C5=O)CC3)CC2)c(F)cc2c(=O)c(C(=O)O)cn(C3CC3)c12. The van der Waals surface area contributed by atoms with Gasteiger partial charge in [0.15, 0.2) is 11.6 Å². The van der Waals surface area contributed by atoms with E-state index in [1.165, 1.54) is 66.5 Å². The van der Waals surface area contributed by atoms with Gasteiger partial charge in [0.25, 0.3) is 11.7 Å². The maximum Gasteiger partial charge on any atom is 0.341 e. The first-order valence-electron chi connectivity index (χ1n) is 27.8. The molecule has 3 aromatic rings. The highest BCUT2D eigenvalue weighted by molar-refractivity contribution is 6.32. The fourth-order valence-corrected chi connectivity index (χ4v) is 12.5. The molecule has 6 heterocycles. The number of carbonyl (C=O) groups excluding carboxylic acids is 5. The number of phenolic OH excluding ortho intramolecular Hbond substituents is 1. The van der Waals surface area contributed by atoms with Crippen LogP contribution in [0, 0.1) is 36.4 Å². The molecule has 3 fully saturated rings. The van der Waals surface area contributed by atoms with Gasteiger partial charge >= 0.3 is 17.7 Å². The van der Waals surface area contributed by atoms with Gasteiger partial charge in [-0.25, -0.2) is 9.18 Å². The van der Waals surface area contributed by atoms with Crippen LogP contribution in [0.5, 0.6) is 17.2 Å². The third-order valence-electron chi connectivity index (χ3n) is 17.4. The van der Waals surface area contributed by atoms with E-state index in [9.17, 15) is 44.4 Å². The zero-order valence-corrected chi connectivity index (χ0v) is 47.7. The van der Waals surface area contributed by atoms with Crippen LogP contribution in [0.2, 0.25) is 0 Å². The van der Waals surface area contributed by atoms with Crippen LogP contribution in [0.25, 0.3) is 10.9 Å². The summed E-state index contributed by atoms with van der Waals surface area (Å²) in [6.45, 7) is 14.4. The van der Waals surface area contributed by atoms with Gasteiger partial charge < -0.3 is 63.8 Å². The smallest absolute Gasteiger partial charge is 0.341 e. The number of allylic oxidation sites excluding steroid dienone is 4. The Morgan fingerprint density at radius 3 is 2.11 bits per heavy atom. The lowest BCUT2D eigenvalue weighted by molar-refractivity contribution is -0.160. The summed E-state index contributed by atoms with van der Waals surface area (Å²) in [5, 5.41) is 47.4. The number of carbonyl (C=O) groups is 6. The first-order valence-corrected chi connectivity index (χ1v) is 27.8. The number of pyridine rings is 1. The third kappa shape index (κ3) is 10.6. The van der Waals surface area contributed by atoms with Crippen LogP contribution >= 0.6 is 0 Å². The number of fused-ring (bicyclic) bond motifs is 15. The molecule has 7 aliphatic rings. The topological polar surface area (TPSA) is 273 Å². The number of aliphatic hydroxyl groups is 2. The number of piperazine rings is 1. The number of hydrogen-bond acceptors (Lipinski definition) is 18. The third-order valence-corrected chi connectivity index (χ3v) is 17.4. The summed E-state index contributed by atoms with van der Waals surface area (Å²) in [7, 11) is 2.81. The molecule has 10 rings (SSSR count).